The van der Waals surface area contributed by atoms with Gasteiger partial charge >= 0.3 is 12.0 Å². The number of anilines is 1. The standard InChI is InChI=1S/C17H25N5O3/c1-17(2,3)25-15(23)13-6-4-9-21(12-13)16(24)19-14-7-11-22(20-14)10-5-8-18/h7,11,13H,4-6,9-10,12H2,1-3H3,(H,19,20,24)/t13-/m1/s1. The van der Waals surface area contributed by atoms with Crippen LogP contribution >= 0.6 is 0 Å². The molecule has 136 valence electrons. The molecule has 1 atom stereocenters. The molecule has 1 N–H and O–H groups in total. The maximum Gasteiger partial charge on any atom is 0.323 e. The molecule has 8 heteroatoms. The van der Waals surface area contributed by atoms with Crippen LogP contribution in [0.3, 0.4) is 0 Å². The Morgan fingerprint density at radius 1 is 1.48 bits per heavy atom. The van der Waals surface area contributed by atoms with Crippen molar-refractivity contribution in [1.29, 1.82) is 5.26 Å². The third-order valence-electron chi connectivity index (χ3n) is 3.78. The number of nitriles is 1. The fraction of sp³-hybridized carbons (Fsp3) is 0.647. The van der Waals surface area contributed by atoms with Gasteiger partial charge in [-0.3, -0.25) is 14.8 Å². The van der Waals surface area contributed by atoms with E-state index in [1.807, 2.05) is 26.8 Å². The van der Waals surface area contributed by atoms with Crippen LogP contribution in [0.2, 0.25) is 0 Å². The van der Waals surface area contributed by atoms with Crippen molar-refractivity contribution in [3.8, 4) is 6.07 Å². The molecule has 0 saturated carbocycles. The fourth-order valence-corrected chi connectivity index (χ4v) is 2.65. The molecular weight excluding hydrogens is 322 g/mol. The summed E-state index contributed by atoms with van der Waals surface area (Å²) in [6, 6.07) is 3.46. The zero-order chi connectivity index (χ0) is 18.4. The molecule has 2 rings (SSSR count). The predicted octanol–water partition coefficient (Wildman–Crippen LogP) is 2.38. The van der Waals surface area contributed by atoms with Gasteiger partial charge in [0.2, 0.25) is 0 Å². The van der Waals surface area contributed by atoms with Gasteiger partial charge in [-0.25, -0.2) is 4.79 Å². The number of amides is 2. The molecule has 0 aliphatic carbocycles. The molecule has 1 aromatic heterocycles. The summed E-state index contributed by atoms with van der Waals surface area (Å²) >= 11 is 0. The van der Waals surface area contributed by atoms with Crippen LogP contribution in [0, 0.1) is 17.2 Å². The average Bonchev–Trinajstić information content (AvgIpc) is 2.99. The molecule has 1 aliphatic heterocycles. The molecule has 8 nitrogen and oxygen atoms in total. The molecule has 0 spiro atoms. The minimum atomic E-state index is -0.530. The van der Waals surface area contributed by atoms with Gasteiger partial charge in [-0.15, -0.1) is 0 Å². The molecule has 1 aromatic rings. The molecule has 0 unspecified atom stereocenters. The molecule has 0 aromatic carbocycles. The zero-order valence-electron chi connectivity index (χ0n) is 15.0. The highest BCUT2D eigenvalue weighted by Crippen LogP contribution is 2.21. The maximum atomic E-state index is 12.4. The first-order valence-corrected chi connectivity index (χ1v) is 8.47. The normalized spacial score (nSPS) is 17.7. The van der Waals surface area contributed by atoms with Gasteiger partial charge in [0.05, 0.1) is 25.0 Å². The third kappa shape index (κ3) is 5.78. The SMILES string of the molecule is CC(C)(C)OC(=O)[C@@H]1CCCN(C(=O)Nc2ccn(CCC#N)n2)C1. The lowest BCUT2D eigenvalue weighted by molar-refractivity contribution is -0.161. The number of rotatable bonds is 4. The summed E-state index contributed by atoms with van der Waals surface area (Å²) < 4.78 is 7.03. The van der Waals surface area contributed by atoms with E-state index < -0.39 is 5.60 Å². The quantitative estimate of drug-likeness (QED) is 0.843. The van der Waals surface area contributed by atoms with Gasteiger partial charge in [-0.05, 0) is 33.6 Å². The van der Waals surface area contributed by atoms with Crippen LogP contribution in [0.1, 0.15) is 40.0 Å². The van der Waals surface area contributed by atoms with Crippen LogP contribution in [0.4, 0.5) is 10.6 Å². The number of likely N-dealkylation sites (tertiary alicyclic amines) is 1. The number of esters is 1. The monoisotopic (exact) mass is 347 g/mol. The predicted molar refractivity (Wildman–Crippen MR) is 91.6 cm³/mol. The van der Waals surface area contributed by atoms with E-state index in [1.54, 1.807) is 21.8 Å². The van der Waals surface area contributed by atoms with Gasteiger partial charge < -0.3 is 9.64 Å². The van der Waals surface area contributed by atoms with Crippen LogP contribution in [-0.4, -0.2) is 45.4 Å². The van der Waals surface area contributed by atoms with Gasteiger partial charge in [-0.1, -0.05) is 0 Å². The van der Waals surface area contributed by atoms with Crippen molar-refractivity contribution >= 4 is 17.8 Å². The molecule has 1 aliphatic rings. The van der Waals surface area contributed by atoms with Crippen molar-refractivity contribution in [2.75, 3.05) is 18.4 Å². The van der Waals surface area contributed by atoms with Crippen molar-refractivity contribution in [3.05, 3.63) is 12.3 Å². The van der Waals surface area contributed by atoms with E-state index in [0.29, 0.717) is 31.9 Å². The second-order valence-corrected chi connectivity index (χ2v) is 7.12. The number of aryl methyl sites for hydroxylation is 1. The first-order valence-electron chi connectivity index (χ1n) is 8.47. The molecule has 2 amide bonds. The van der Waals surface area contributed by atoms with E-state index in [-0.39, 0.29) is 17.9 Å². The van der Waals surface area contributed by atoms with Crippen molar-refractivity contribution < 1.29 is 14.3 Å². The Hall–Kier alpha value is -2.56. The number of ether oxygens (including phenoxy) is 1. The van der Waals surface area contributed by atoms with Crippen molar-refractivity contribution in [2.24, 2.45) is 5.92 Å². The van der Waals surface area contributed by atoms with Gasteiger partial charge in [0.15, 0.2) is 5.82 Å². The Balaban J connectivity index is 1.90. The second kappa shape index (κ2) is 8.01. The van der Waals surface area contributed by atoms with Gasteiger partial charge in [0.1, 0.15) is 5.60 Å². The molecule has 0 radical (unpaired) electrons. The second-order valence-electron chi connectivity index (χ2n) is 7.12. The molecule has 2 heterocycles. The van der Waals surface area contributed by atoms with Crippen LogP contribution < -0.4 is 5.32 Å². The topological polar surface area (TPSA) is 100 Å². The van der Waals surface area contributed by atoms with Crippen LogP contribution in [0.25, 0.3) is 0 Å². The lowest BCUT2D eigenvalue weighted by atomic mass is 9.98. The lowest BCUT2D eigenvalue weighted by Gasteiger charge is -2.33. The highest BCUT2D eigenvalue weighted by molar-refractivity contribution is 5.88. The Labute approximate surface area is 147 Å². The molecule has 1 fully saturated rings. The van der Waals surface area contributed by atoms with Crippen molar-refractivity contribution in [2.45, 2.75) is 52.2 Å². The number of nitrogens with one attached hydrogen (secondary N) is 1. The fourth-order valence-electron chi connectivity index (χ4n) is 2.65. The first-order chi connectivity index (χ1) is 11.8. The van der Waals surface area contributed by atoms with Crippen LogP contribution in [0.5, 0.6) is 0 Å². The minimum absolute atomic E-state index is 0.259. The number of carbonyl (C=O) groups is 2. The Morgan fingerprint density at radius 2 is 2.24 bits per heavy atom. The zero-order valence-corrected chi connectivity index (χ0v) is 15.0. The van der Waals surface area contributed by atoms with Crippen molar-refractivity contribution in [1.82, 2.24) is 14.7 Å². The molecular formula is C17H25N5O3. The number of hydrogen-bond donors (Lipinski definition) is 1. The summed E-state index contributed by atoms with van der Waals surface area (Å²) in [5, 5.41) is 15.5. The van der Waals surface area contributed by atoms with E-state index in [1.165, 1.54) is 0 Å². The van der Waals surface area contributed by atoms with E-state index in [4.69, 9.17) is 10.00 Å². The third-order valence-corrected chi connectivity index (χ3v) is 3.78. The maximum absolute atomic E-state index is 12.4. The average molecular weight is 347 g/mol. The Kier molecular flexibility index (Phi) is 6.02. The smallest absolute Gasteiger partial charge is 0.323 e. The summed E-state index contributed by atoms with van der Waals surface area (Å²) in [4.78, 5) is 26.2. The van der Waals surface area contributed by atoms with E-state index in [0.717, 1.165) is 12.8 Å². The Morgan fingerprint density at radius 3 is 2.92 bits per heavy atom. The van der Waals surface area contributed by atoms with E-state index in [9.17, 15) is 9.59 Å². The highest BCUT2D eigenvalue weighted by atomic mass is 16.6. The number of carbonyl (C=O) groups excluding carboxylic acids is 2. The Bertz CT molecular complexity index is 656. The van der Waals surface area contributed by atoms with Crippen LogP contribution in [0.15, 0.2) is 12.3 Å². The number of piperidine rings is 1. The van der Waals surface area contributed by atoms with Gasteiger partial charge in [0.25, 0.3) is 0 Å². The number of hydrogen-bond acceptors (Lipinski definition) is 5. The summed E-state index contributed by atoms with van der Waals surface area (Å²) in [5.41, 5.74) is -0.530. The van der Waals surface area contributed by atoms with E-state index >= 15 is 0 Å². The van der Waals surface area contributed by atoms with Gasteiger partial charge in [-0.2, -0.15) is 10.4 Å². The summed E-state index contributed by atoms with van der Waals surface area (Å²) in [5.74, 6) is -0.125. The number of urea groups is 1. The van der Waals surface area contributed by atoms with Crippen LogP contribution in [-0.2, 0) is 16.1 Å². The molecule has 0 bridgehead atoms. The number of nitrogens with zero attached hydrogens (tertiary/aromatic N) is 4. The number of aromatic nitrogens is 2. The molecule has 1 saturated heterocycles. The highest BCUT2D eigenvalue weighted by Gasteiger charge is 2.31. The van der Waals surface area contributed by atoms with Crippen molar-refractivity contribution in [3.63, 3.8) is 0 Å². The lowest BCUT2D eigenvalue weighted by Crippen LogP contribution is -2.45. The van der Waals surface area contributed by atoms with E-state index in [2.05, 4.69) is 10.4 Å². The first kappa shape index (κ1) is 18.8. The minimum Gasteiger partial charge on any atom is -0.460 e. The summed E-state index contributed by atoms with van der Waals surface area (Å²) in [7, 11) is 0. The summed E-state index contributed by atoms with van der Waals surface area (Å²) in [6.45, 7) is 6.93. The summed E-state index contributed by atoms with van der Waals surface area (Å²) in [6.07, 6.45) is 3.56. The molecule has 25 heavy (non-hydrogen) atoms. The van der Waals surface area contributed by atoms with Gasteiger partial charge in [0, 0.05) is 25.4 Å². The largest absolute Gasteiger partial charge is 0.460 e.